The van der Waals surface area contributed by atoms with Crippen molar-refractivity contribution in [3.8, 4) is 6.07 Å². The first kappa shape index (κ1) is 6.81. The molecule has 0 aliphatic heterocycles. The van der Waals surface area contributed by atoms with Gasteiger partial charge >= 0.3 is 0 Å². The Hall–Kier alpha value is -1.30. The molecule has 0 N–H and O–H groups in total. The van der Waals surface area contributed by atoms with Crippen molar-refractivity contribution in [1.82, 2.24) is 9.78 Å². The van der Waals surface area contributed by atoms with Gasteiger partial charge in [0.15, 0.2) is 0 Å². The topological polar surface area (TPSA) is 41.6 Å². The number of nitriles is 1. The standard InChI is InChI=1S/C7H9N3/c1-6-7(3-4-8)5-10(2)9-6/h5H,3H2,1-2H3. The molecule has 3 nitrogen and oxygen atoms in total. The number of aromatic nitrogens is 2. The summed E-state index contributed by atoms with van der Waals surface area (Å²) in [5.41, 5.74) is 1.97. The highest BCUT2D eigenvalue weighted by Crippen LogP contribution is 2.03. The summed E-state index contributed by atoms with van der Waals surface area (Å²) < 4.78 is 1.72. The lowest BCUT2D eigenvalue weighted by Crippen LogP contribution is -1.86. The van der Waals surface area contributed by atoms with E-state index >= 15 is 0 Å². The summed E-state index contributed by atoms with van der Waals surface area (Å²) in [4.78, 5) is 0. The Bertz CT molecular complexity index is 267. The second kappa shape index (κ2) is 2.53. The van der Waals surface area contributed by atoms with E-state index in [1.165, 1.54) is 0 Å². The van der Waals surface area contributed by atoms with Crippen LogP contribution in [0.1, 0.15) is 11.3 Å². The smallest absolute Gasteiger partial charge is 0.0671 e. The maximum Gasteiger partial charge on any atom is 0.0671 e. The maximum absolute atomic E-state index is 8.37. The Labute approximate surface area is 59.9 Å². The number of aryl methyl sites for hydroxylation is 2. The molecule has 0 radical (unpaired) electrons. The summed E-state index contributed by atoms with van der Waals surface area (Å²) in [5, 5.41) is 12.5. The number of hydrogen-bond donors (Lipinski definition) is 0. The van der Waals surface area contributed by atoms with E-state index < -0.39 is 0 Å². The van der Waals surface area contributed by atoms with E-state index in [1.807, 2.05) is 20.2 Å². The molecular formula is C7H9N3. The average Bonchev–Trinajstić information content (AvgIpc) is 2.13. The third-order valence-corrected chi connectivity index (χ3v) is 1.38. The highest BCUT2D eigenvalue weighted by atomic mass is 15.2. The minimum absolute atomic E-state index is 0.458. The van der Waals surface area contributed by atoms with Gasteiger partial charge in [-0.2, -0.15) is 10.4 Å². The highest BCUT2D eigenvalue weighted by Gasteiger charge is 1.99. The molecule has 0 aliphatic rings. The van der Waals surface area contributed by atoms with Crippen molar-refractivity contribution in [3.63, 3.8) is 0 Å². The molecule has 1 rings (SSSR count). The molecular weight excluding hydrogens is 126 g/mol. The van der Waals surface area contributed by atoms with Crippen LogP contribution in [-0.2, 0) is 13.5 Å². The zero-order valence-electron chi connectivity index (χ0n) is 6.13. The fraction of sp³-hybridized carbons (Fsp3) is 0.429. The molecule has 10 heavy (non-hydrogen) atoms. The molecule has 0 amide bonds. The Morgan fingerprint density at radius 1 is 1.80 bits per heavy atom. The molecule has 0 spiro atoms. The Balaban J connectivity index is 2.94. The molecule has 0 saturated carbocycles. The van der Waals surface area contributed by atoms with Crippen LogP contribution in [0, 0.1) is 18.3 Å². The van der Waals surface area contributed by atoms with Gasteiger partial charge in [0, 0.05) is 18.8 Å². The Morgan fingerprint density at radius 3 is 2.90 bits per heavy atom. The SMILES string of the molecule is Cc1nn(C)cc1CC#N. The van der Waals surface area contributed by atoms with Crippen molar-refractivity contribution in [2.24, 2.45) is 7.05 Å². The highest BCUT2D eigenvalue weighted by molar-refractivity contribution is 5.18. The van der Waals surface area contributed by atoms with Gasteiger partial charge < -0.3 is 0 Å². The van der Waals surface area contributed by atoms with Crippen LogP contribution < -0.4 is 0 Å². The summed E-state index contributed by atoms with van der Waals surface area (Å²) in [6, 6.07) is 2.08. The van der Waals surface area contributed by atoms with Crippen LogP contribution in [0.2, 0.25) is 0 Å². The maximum atomic E-state index is 8.37. The largest absolute Gasteiger partial charge is 0.275 e. The van der Waals surface area contributed by atoms with E-state index in [0.29, 0.717) is 6.42 Å². The van der Waals surface area contributed by atoms with Crippen LogP contribution in [0.5, 0.6) is 0 Å². The quantitative estimate of drug-likeness (QED) is 0.571. The first-order valence-electron chi connectivity index (χ1n) is 3.10. The summed E-state index contributed by atoms with van der Waals surface area (Å²) in [5.74, 6) is 0. The van der Waals surface area contributed by atoms with Crippen molar-refractivity contribution >= 4 is 0 Å². The van der Waals surface area contributed by atoms with Crippen molar-refractivity contribution in [3.05, 3.63) is 17.5 Å². The third-order valence-electron chi connectivity index (χ3n) is 1.38. The predicted octanol–water partition coefficient (Wildman–Crippen LogP) is 0.795. The van der Waals surface area contributed by atoms with Crippen LogP contribution in [-0.4, -0.2) is 9.78 Å². The summed E-state index contributed by atoms with van der Waals surface area (Å²) in [7, 11) is 1.86. The second-order valence-electron chi connectivity index (χ2n) is 2.25. The van der Waals surface area contributed by atoms with Gasteiger partial charge in [-0.25, -0.2) is 0 Å². The number of nitrogens with zero attached hydrogens (tertiary/aromatic N) is 3. The van der Waals surface area contributed by atoms with E-state index in [4.69, 9.17) is 5.26 Å². The summed E-state index contributed by atoms with van der Waals surface area (Å²) >= 11 is 0. The molecule has 0 aliphatic carbocycles. The molecule has 1 aromatic heterocycles. The predicted molar refractivity (Wildman–Crippen MR) is 37.3 cm³/mol. The van der Waals surface area contributed by atoms with Gasteiger partial charge in [0.1, 0.15) is 0 Å². The monoisotopic (exact) mass is 135 g/mol. The van der Waals surface area contributed by atoms with Crippen LogP contribution in [0.25, 0.3) is 0 Å². The van der Waals surface area contributed by atoms with E-state index in [9.17, 15) is 0 Å². The summed E-state index contributed by atoms with van der Waals surface area (Å²) in [6.07, 6.45) is 2.33. The van der Waals surface area contributed by atoms with Crippen molar-refractivity contribution in [2.45, 2.75) is 13.3 Å². The zero-order chi connectivity index (χ0) is 7.56. The minimum atomic E-state index is 0.458. The first-order valence-corrected chi connectivity index (χ1v) is 3.10. The first-order chi connectivity index (χ1) is 4.74. The van der Waals surface area contributed by atoms with Gasteiger partial charge in [0.2, 0.25) is 0 Å². The zero-order valence-corrected chi connectivity index (χ0v) is 6.13. The van der Waals surface area contributed by atoms with Crippen LogP contribution in [0.15, 0.2) is 6.20 Å². The molecule has 3 heteroatoms. The molecule has 52 valence electrons. The van der Waals surface area contributed by atoms with Gasteiger partial charge in [-0.1, -0.05) is 0 Å². The van der Waals surface area contributed by atoms with Crippen LogP contribution >= 0.6 is 0 Å². The molecule has 0 atom stereocenters. The molecule has 0 bridgehead atoms. The van der Waals surface area contributed by atoms with Gasteiger partial charge in [-0.05, 0) is 6.92 Å². The van der Waals surface area contributed by atoms with Crippen LogP contribution in [0.3, 0.4) is 0 Å². The molecule has 1 aromatic rings. The Kier molecular flexibility index (Phi) is 1.72. The fourth-order valence-corrected chi connectivity index (χ4v) is 0.907. The molecule has 0 aromatic carbocycles. The fourth-order valence-electron chi connectivity index (χ4n) is 0.907. The second-order valence-corrected chi connectivity index (χ2v) is 2.25. The molecule has 0 saturated heterocycles. The number of rotatable bonds is 1. The lowest BCUT2D eigenvalue weighted by Gasteiger charge is -1.83. The molecule has 1 heterocycles. The van der Waals surface area contributed by atoms with Crippen molar-refractivity contribution in [2.75, 3.05) is 0 Å². The van der Waals surface area contributed by atoms with Crippen molar-refractivity contribution < 1.29 is 0 Å². The number of hydrogen-bond acceptors (Lipinski definition) is 2. The minimum Gasteiger partial charge on any atom is -0.275 e. The average molecular weight is 135 g/mol. The van der Waals surface area contributed by atoms with E-state index in [2.05, 4.69) is 11.2 Å². The van der Waals surface area contributed by atoms with Gasteiger partial charge in [0.05, 0.1) is 18.2 Å². The van der Waals surface area contributed by atoms with Gasteiger partial charge in [-0.3, -0.25) is 4.68 Å². The molecule has 0 fully saturated rings. The van der Waals surface area contributed by atoms with E-state index in [-0.39, 0.29) is 0 Å². The lowest BCUT2D eigenvalue weighted by atomic mass is 10.2. The Morgan fingerprint density at radius 2 is 2.50 bits per heavy atom. The third kappa shape index (κ3) is 1.16. The summed E-state index contributed by atoms with van der Waals surface area (Å²) in [6.45, 7) is 1.91. The van der Waals surface area contributed by atoms with Crippen molar-refractivity contribution in [1.29, 1.82) is 5.26 Å². The lowest BCUT2D eigenvalue weighted by molar-refractivity contribution is 0.756. The molecule has 0 unspecified atom stereocenters. The normalized spacial score (nSPS) is 9.30. The van der Waals surface area contributed by atoms with Gasteiger partial charge in [0.25, 0.3) is 0 Å². The van der Waals surface area contributed by atoms with E-state index in [0.717, 1.165) is 11.3 Å². The van der Waals surface area contributed by atoms with Crippen LogP contribution in [0.4, 0.5) is 0 Å². The van der Waals surface area contributed by atoms with E-state index in [1.54, 1.807) is 4.68 Å². The van der Waals surface area contributed by atoms with Gasteiger partial charge in [-0.15, -0.1) is 0 Å².